The average Bonchev–Trinajstić information content (AvgIpc) is 3.09. The zero-order valence-electron chi connectivity index (χ0n) is 27.8. The fourth-order valence-electron chi connectivity index (χ4n) is 8.67. The Kier molecular flexibility index (Phi) is 9.46. The third kappa shape index (κ3) is 5.45. The highest BCUT2D eigenvalue weighted by molar-refractivity contribution is 8.76. The highest BCUT2D eigenvalue weighted by Gasteiger charge is 2.59. The number of benzene rings is 3. The van der Waals surface area contributed by atoms with E-state index in [1.807, 2.05) is 16.9 Å². The number of hydrogen-bond acceptors (Lipinski definition) is 12. The summed E-state index contributed by atoms with van der Waals surface area (Å²) in [6, 6.07) is 8.65. The molecule has 7 atom stereocenters. The topological polar surface area (TPSA) is 158 Å². The summed E-state index contributed by atoms with van der Waals surface area (Å²) < 4.78 is 24.1. The van der Waals surface area contributed by atoms with E-state index in [2.05, 4.69) is 6.92 Å². The molecule has 0 spiro atoms. The van der Waals surface area contributed by atoms with Gasteiger partial charge in [0.05, 0.1) is 27.4 Å². The summed E-state index contributed by atoms with van der Waals surface area (Å²) in [5.74, 6) is 0.648. The maximum atomic E-state index is 12.7. The molecule has 10 nitrogen and oxygen atoms in total. The van der Waals surface area contributed by atoms with E-state index >= 15 is 0 Å². The van der Waals surface area contributed by atoms with E-state index < -0.39 is 23.5 Å². The Balaban J connectivity index is 1.54. The second-order valence-electron chi connectivity index (χ2n) is 13.6. The number of rotatable bonds is 7. The van der Waals surface area contributed by atoms with Crippen molar-refractivity contribution in [3.8, 4) is 51.4 Å². The quantitative estimate of drug-likeness (QED) is 0.156. The summed E-state index contributed by atoms with van der Waals surface area (Å²) in [6.07, 6.45) is 2.61. The first-order valence-electron chi connectivity index (χ1n) is 16.9. The number of aromatic hydroxyl groups is 3. The largest absolute Gasteiger partial charge is 0.508 e. The van der Waals surface area contributed by atoms with Crippen LogP contribution in [0.4, 0.5) is 0 Å². The molecule has 49 heavy (non-hydrogen) atoms. The molecule has 0 amide bonds. The van der Waals surface area contributed by atoms with E-state index in [4.69, 9.17) is 18.9 Å². The van der Waals surface area contributed by atoms with E-state index in [1.54, 1.807) is 29.0 Å². The fraction of sp³-hybridized carbons (Fsp3) is 0.514. The van der Waals surface area contributed by atoms with Crippen molar-refractivity contribution in [1.29, 1.82) is 0 Å². The van der Waals surface area contributed by atoms with Crippen LogP contribution in [0.15, 0.2) is 30.3 Å². The minimum Gasteiger partial charge on any atom is -0.508 e. The molecule has 2 heterocycles. The molecule has 1 saturated carbocycles. The minimum atomic E-state index is -1.45. The van der Waals surface area contributed by atoms with Crippen LogP contribution in [0.1, 0.15) is 79.0 Å². The average molecular weight is 713 g/mol. The van der Waals surface area contributed by atoms with Gasteiger partial charge in [0.1, 0.15) is 30.0 Å². The van der Waals surface area contributed by atoms with Gasteiger partial charge in [0.25, 0.3) is 0 Å². The smallest absolute Gasteiger partial charge is 0.207 e. The number of phenolic OH excluding ortho intramolecular Hbond substituents is 3. The number of aliphatic hydroxyl groups is 3. The monoisotopic (exact) mass is 712 g/mol. The van der Waals surface area contributed by atoms with E-state index in [1.165, 1.54) is 20.3 Å². The number of fused-ring (bicyclic) bond motifs is 5. The molecule has 4 aliphatic rings. The second-order valence-corrected chi connectivity index (χ2v) is 16.3. The maximum absolute atomic E-state index is 12.7. The highest BCUT2D eigenvalue weighted by atomic mass is 33.1. The van der Waals surface area contributed by atoms with Gasteiger partial charge < -0.3 is 49.6 Å². The van der Waals surface area contributed by atoms with Crippen LogP contribution < -0.4 is 18.9 Å². The molecular weight excluding hydrogens is 669 g/mol. The highest BCUT2D eigenvalue weighted by Crippen LogP contribution is 2.65. The zero-order valence-corrected chi connectivity index (χ0v) is 29.5. The van der Waals surface area contributed by atoms with Gasteiger partial charge in [0.15, 0.2) is 17.1 Å². The molecular formula is C37H44O10S2. The van der Waals surface area contributed by atoms with Gasteiger partial charge in [-0.05, 0) is 72.4 Å². The second kappa shape index (κ2) is 13.5. The molecule has 264 valence electrons. The molecule has 0 saturated heterocycles. The Hall–Kier alpha value is -3.16. The van der Waals surface area contributed by atoms with Crippen molar-refractivity contribution in [2.75, 3.05) is 39.8 Å². The van der Waals surface area contributed by atoms with Gasteiger partial charge in [0.2, 0.25) is 11.5 Å². The van der Waals surface area contributed by atoms with Crippen molar-refractivity contribution in [3.63, 3.8) is 0 Å². The van der Waals surface area contributed by atoms with Crippen LogP contribution in [0.2, 0.25) is 0 Å². The molecule has 2 aliphatic heterocycles. The lowest BCUT2D eigenvalue weighted by Crippen LogP contribution is -2.57. The lowest BCUT2D eigenvalue weighted by molar-refractivity contribution is -0.112. The Morgan fingerprint density at radius 2 is 1.76 bits per heavy atom. The molecule has 1 fully saturated rings. The van der Waals surface area contributed by atoms with Gasteiger partial charge in [-0.1, -0.05) is 41.0 Å². The lowest BCUT2D eigenvalue weighted by Gasteiger charge is -2.54. The van der Waals surface area contributed by atoms with Crippen molar-refractivity contribution in [3.05, 3.63) is 52.6 Å². The number of methoxy groups -OCH3 is 2. The van der Waals surface area contributed by atoms with Crippen molar-refractivity contribution in [2.24, 2.45) is 5.92 Å². The van der Waals surface area contributed by atoms with Crippen molar-refractivity contribution in [2.45, 2.75) is 73.7 Å². The third-order valence-electron chi connectivity index (χ3n) is 11.0. The summed E-state index contributed by atoms with van der Waals surface area (Å²) >= 11 is 0. The van der Waals surface area contributed by atoms with E-state index in [0.717, 1.165) is 52.8 Å². The third-order valence-corrected chi connectivity index (χ3v) is 14.0. The fourth-order valence-corrected chi connectivity index (χ4v) is 11.8. The van der Waals surface area contributed by atoms with Crippen molar-refractivity contribution >= 4 is 21.6 Å². The number of phenols is 3. The molecule has 3 aromatic rings. The minimum absolute atomic E-state index is 0.0167. The number of ether oxygens (including phenoxy) is 4. The molecule has 12 heteroatoms. The SMILES string of the molecule is COc1cc([C@@]23CC[C@@H]4SSCC[C@H](C)CC[C@@H]5c6cc(O)ccc6-c6c(OCCO)cc(c(c6[C@H]5CO)[C@@H]4[C@H]2O)O3)c(O)c(OC)c1O. The van der Waals surface area contributed by atoms with Gasteiger partial charge in [-0.3, -0.25) is 0 Å². The molecule has 0 radical (unpaired) electrons. The lowest BCUT2D eigenvalue weighted by atomic mass is 9.62. The first kappa shape index (κ1) is 34.3. The molecule has 6 N–H and O–H groups in total. The maximum Gasteiger partial charge on any atom is 0.207 e. The summed E-state index contributed by atoms with van der Waals surface area (Å²) in [4.78, 5) is 0. The van der Waals surface area contributed by atoms with Gasteiger partial charge in [-0.25, -0.2) is 0 Å². The molecule has 0 unspecified atom stereocenters. The number of aliphatic hydroxyl groups excluding tert-OH is 3. The summed E-state index contributed by atoms with van der Waals surface area (Å²) in [5, 5.41) is 66.8. The molecule has 2 aliphatic carbocycles. The van der Waals surface area contributed by atoms with Gasteiger partial charge in [-0.15, -0.1) is 0 Å². The van der Waals surface area contributed by atoms with Gasteiger partial charge in [-0.2, -0.15) is 0 Å². The summed E-state index contributed by atoms with van der Waals surface area (Å²) in [6.45, 7) is 1.88. The molecule has 0 aromatic heterocycles. The summed E-state index contributed by atoms with van der Waals surface area (Å²) in [5.41, 5.74) is 3.02. The predicted octanol–water partition coefficient (Wildman–Crippen LogP) is 6.13. The first-order chi connectivity index (χ1) is 23.7. The van der Waals surface area contributed by atoms with E-state index in [-0.39, 0.29) is 65.3 Å². The van der Waals surface area contributed by atoms with Crippen LogP contribution in [0.25, 0.3) is 11.1 Å². The summed E-state index contributed by atoms with van der Waals surface area (Å²) in [7, 11) is 6.32. The Morgan fingerprint density at radius 3 is 2.49 bits per heavy atom. The van der Waals surface area contributed by atoms with E-state index in [0.29, 0.717) is 30.3 Å². The van der Waals surface area contributed by atoms with Gasteiger partial charge in [0, 0.05) is 45.6 Å². The van der Waals surface area contributed by atoms with Crippen molar-refractivity contribution in [1.82, 2.24) is 0 Å². The van der Waals surface area contributed by atoms with Crippen LogP contribution in [0.3, 0.4) is 0 Å². The zero-order chi connectivity index (χ0) is 34.6. The molecule has 3 aromatic carbocycles. The Labute approximate surface area is 293 Å². The predicted molar refractivity (Wildman–Crippen MR) is 189 cm³/mol. The molecule has 7 rings (SSSR count). The van der Waals surface area contributed by atoms with E-state index in [9.17, 15) is 30.6 Å². The van der Waals surface area contributed by atoms with Crippen LogP contribution in [-0.2, 0) is 5.60 Å². The van der Waals surface area contributed by atoms with Crippen LogP contribution in [-0.4, -0.2) is 81.8 Å². The van der Waals surface area contributed by atoms with Crippen molar-refractivity contribution < 1.29 is 49.6 Å². The van der Waals surface area contributed by atoms with Crippen LogP contribution in [0, 0.1) is 5.92 Å². The van der Waals surface area contributed by atoms with Gasteiger partial charge >= 0.3 is 0 Å². The Bertz CT molecular complexity index is 1730. The molecule has 4 bridgehead atoms. The van der Waals surface area contributed by atoms with Crippen LogP contribution >= 0.6 is 21.6 Å². The first-order valence-corrected chi connectivity index (χ1v) is 19.3. The normalized spacial score (nSPS) is 28.7. The Morgan fingerprint density at radius 1 is 0.939 bits per heavy atom. The van der Waals surface area contributed by atoms with Crippen LogP contribution in [0.5, 0.6) is 40.2 Å². The standard InChI is InChI=1S/C37H44O10S2/c1-18-4-6-20-22-14-19(40)5-7-21(22)29-25(46-12-11-38)16-26-31(30(29)23(20)17-39)32-28(49-48-13-9-18)8-10-37(47-26,36(32)43)24-15-27(44-2)34(42)35(45-3)33(24)41/h5,7,14-16,18,20,23,28,32,36,38-43H,4,6,8-13,17H2,1-3H3/t18-,20-,23+,28+,32-,36-,37+/m1/s1. The number of hydrogen-bond donors (Lipinski definition) is 6.